The van der Waals surface area contributed by atoms with Gasteiger partial charge in [-0.1, -0.05) is 0 Å². The van der Waals surface area contributed by atoms with Gasteiger partial charge in [-0.25, -0.2) is 0 Å². The van der Waals surface area contributed by atoms with E-state index in [9.17, 15) is 0 Å². The fourth-order valence-electron chi connectivity index (χ4n) is 0.750. The summed E-state index contributed by atoms with van der Waals surface area (Å²) in [6, 6.07) is 0. The van der Waals surface area contributed by atoms with Crippen LogP contribution < -0.4 is 5.32 Å². The lowest BCUT2D eigenvalue weighted by atomic mass is 10.5. The van der Waals surface area contributed by atoms with Gasteiger partial charge < -0.3 is 5.32 Å². The van der Waals surface area contributed by atoms with Crippen molar-refractivity contribution in [2.24, 2.45) is 0 Å². The topological polar surface area (TPSA) is 50.7 Å². The summed E-state index contributed by atoms with van der Waals surface area (Å²) in [7, 11) is 0. The molecular formula is C6H6N4S2. The minimum absolute atomic E-state index is 0.774. The van der Waals surface area contributed by atoms with Gasteiger partial charge in [-0.05, 0) is 0 Å². The van der Waals surface area contributed by atoms with Crippen LogP contribution in [-0.4, -0.2) is 13.7 Å². The maximum atomic E-state index is 4.02. The molecule has 0 unspecified atom stereocenters. The summed E-state index contributed by atoms with van der Waals surface area (Å²) in [6.07, 6.45) is 3.56. The highest BCUT2D eigenvalue weighted by atomic mass is 32.1. The molecule has 2 heterocycles. The van der Waals surface area contributed by atoms with Crippen molar-refractivity contribution in [3.8, 4) is 0 Å². The number of thiazole rings is 1. The molecule has 4 nitrogen and oxygen atoms in total. The Balaban J connectivity index is 1.91. The standard InChI is InChI=1S/C6H6N4S2/c1-5(11-4-7-1)2-8-6-3-9-12-10-6/h1,3-4H,2H2,(H,8,10). The van der Waals surface area contributed by atoms with Gasteiger partial charge in [0, 0.05) is 11.1 Å². The van der Waals surface area contributed by atoms with Crippen LogP contribution >= 0.6 is 23.1 Å². The van der Waals surface area contributed by atoms with Crippen LogP contribution in [0.4, 0.5) is 5.82 Å². The Labute approximate surface area is 77.6 Å². The Hall–Kier alpha value is -1.01. The van der Waals surface area contributed by atoms with Crippen molar-refractivity contribution in [3.63, 3.8) is 0 Å². The van der Waals surface area contributed by atoms with Gasteiger partial charge >= 0.3 is 0 Å². The Kier molecular flexibility index (Phi) is 2.28. The van der Waals surface area contributed by atoms with Crippen LogP contribution in [0.5, 0.6) is 0 Å². The first-order valence-electron chi connectivity index (χ1n) is 3.34. The van der Waals surface area contributed by atoms with Crippen molar-refractivity contribution in [1.29, 1.82) is 0 Å². The van der Waals surface area contributed by atoms with Crippen LogP contribution in [-0.2, 0) is 6.54 Å². The van der Waals surface area contributed by atoms with E-state index in [-0.39, 0.29) is 0 Å². The molecule has 2 aromatic rings. The van der Waals surface area contributed by atoms with Gasteiger partial charge in [-0.3, -0.25) is 4.98 Å². The van der Waals surface area contributed by atoms with Crippen LogP contribution in [0.15, 0.2) is 17.9 Å². The number of hydrogen-bond donors (Lipinski definition) is 1. The zero-order chi connectivity index (χ0) is 8.23. The molecule has 2 aromatic heterocycles. The Bertz CT molecular complexity index is 281. The highest BCUT2D eigenvalue weighted by Gasteiger charge is 1.96. The Morgan fingerprint density at radius 1 is 1.42 bits per heavy atom. The van der Waals surface area contributed by atoms with Gasteiger partial charge in [0.05, 0.1) is 30.0 Å². The summed E-state index contributed by atoms with van der Waals surface area (Å²) in [5.74, 6) is 0.827. The molecule has 0 aromatic carbocycles. The highest BCUT2D eigenvalue weighted by Crippen LogP contribution is 2.08. The second-order valence-electron chi connectivity index (χ2n) is 2.11. The first-order valence-corrected chi connectivity index (χ1v) is 4.95. The van der Waals surface area contributed by atoms with Crippen LogP contribution in [0.2, 0.25) is 0 Å². The lowest BCUT2D eigenvalue weighted by Crippen LogP contribution is -1.96. The van der Waals surface area contributed by atoms with Gasteiger partial charge in [-0.2, -0.15) is 8.75 Å². The lowest BCUT2D eigenvalue weighted by molar-refractivity contribution is 1.15. The summed E-state index contributed by atoms with van der Waals surface area (Å²) in [5, 5.41) is 3.13. The van der Waals surface area contributed by atoms with E-state index >= 15 is 0 Å². The van der Waals surface area contributed by atoms with Gasteiger partial charge in [0.15, 0.2) is 5.82 Å². The second-order valence-corrected chi connectivity index (χ2v) is 3.64. The van der Waals surface area contributed by atoms with Gasteiger partial charge in [0.25, 0.3) is 0 Å². The normalized spacial score (nSPS) is 10.0. The number of aromatic nitrogens is 3. The third-order valence-corrected chi connectivity index (χ3v) is 2.55. The number of hydrogen-bond acceptors (Lipinski definition) is 6. The van der Waals surface area contributed by atoms with Crippen molar-refractivity contribution >= 4 is 28.9 Å². The van der Waals surface area contributed by atoms with E-state index in [1.54, 1.807) is 17.5 Å². The fraction of sp³-hybridized carbons (Fsp3) is 0.167. The zero-order valence-corrected chi connectivity index (χ0v) is 7.73. The lowest BCUT2D eigenvalue weighted by Gasteiger charge is -1.96. The smallest absolute Gasteiger partial charge is 0.160 e. The molecule has 0 fully saturated rings. The number of anilines is 1. The summed E-state index contributed by atoms with van der Waals surface area (Å²) >= 11 is 2.83. The SMILES string of the molecule is c1ncc(CNc2cnsn2)s1. The van der Waals surface area contributed by atoms with Crippen LogP contribution in [0.1, 0.15) is 4.88 Å². The maximum Gasteiger partial charge on any atom is 0.160 e. The van der Waals surface area contributed by atoms with Crippen molar-refractivity contribution in [2.75, 3.05) is 5.32 Å². The molecule has 6 heteroatoms. The molecule has 62 valence electrons. The molecule has 0 radical (unpaired) electrons. The van der Waals surface area contributed by atoms with Gasteiger partial charge in [0.1, 0.15) is 0 Å². The van der Waals surface area contributed by atoms with E-state index < -0.39 is 0 Å². The molecule has 0 aliphatic rings. The van der Waals surface area contributed by atoms with E-state index in [1.807, 2.05) is 11.7 Å². The van der Waals surface area contributed by atoms with Crippen LogP contribution in [0.25, 0.3) is 0 Å². The predicted octanol–water partition coefficient (Wildman–Crippen LogP) is 1.61. The molecule has 0 amide bonds. The van der Waals surface area contributed by atoms with E-state index in [2.05, 4.69) is 19.0 Å². The van der Waals surface area contributed by atoms with Gasteiger partial charge in [0.2, 0.25) is 0 Å². The van der Waals surface area contributed by atoms with Crippen LogP contribution in [0, 0.1) is 0 Å². The van der Waals surface area contributed by atoms with E-state index in [1.165, 1.54) is 16.6 Å². The van der Waals surface area contributed by atoms with Gasteiger partial charge in [-0.15, -0.1) is 11.3 Å². The number of nitrogens with one attached hydrogen (secondary N) is 1. The minimum atomic E-state index is 0.774. The largest absolute Gasteiger partial charge is 0.363 e. The Morgan fingerprint density at radius 3 is 3.08 bits per heavy atom. The average Bonchev–Trinajstić information content (AvgIpc) is 2.74. The third kappa shape index (κ3) is 1.77. The molecule has 2 rings (SSSR count). The quantitative estimate of drug-likeness (QED) is 0.814. The highest BCUT2D eigenvalue weighted by molar-refractivity contribution is 7.09. The van der Waals surface area contributed by atoms with E-state index in [4.69, 9.17) is 0 Å². The monoisotopic (exact) mass is 198 g/mol. The molecule has 0 saturated carbocycles. The van der Waals surface area contributed by atoms with Crippen molar-refractivity contribution in [2.45, 2.75) is 6.54 Å². The molecule has 0 atom stereocenters. The van der Waals surface area contributed by atoms with E-state index in [0.717, 1.165) is 12.4 Å². The third-order valence-electron chi connectivity index (χ3n) is 1.29. The summed E-state index contributed by atoms with van der Waals surface area (Å²) in [4.78, 5) is 5.16. The fourth-order valence-corrected chi connectivity index (χ4v) is 1.68. The van der Waals surface area contributed by atoms with E-state index in [0.29, 0.717) is 0 Å². The minimum Gasteiger partial charge on any atom is -0.363 e. The average molecular weight is 198 g/mol. The molecule has 0 bridgehead atoms. The molecule has 0 saturated heterocycles. The first kappa shape index (κ1) is 7.63. The molecule has 1 N–H and O–H groups in total. The van der Waals surface area contributed by atoms with Crippen LogP contribution in [0.3, 0.4) is 0 Å². The second kappa shape index (κ2) is 3.59. The molecular weight excluding hydrogens is 192 g/mol. The Morgan fingerprint density at radius 2 is 2.42 bits per heavy atom. The van der Waals surface area contributed by atoms with Crippen molar-refractivity contribution in [3.05, 3.63) is 22.8 Å². The predicted molar refractivity (Wildman–Crippen MR) is 49.3 cm³/mol. The van der Waals surface area contributed by atoms with Crippen molar-refractivity contribution < 1.29 is 0 Å². The molecule has 0 aliphatic heterocycles. The first-order chi connectivity index (χ1) is 5.95. The summed E-state index contributed by atoms with van der Waals surface area (Å²) in [6.45, 7) is 0.774. The molecule has 0 spiro atoms. The molecule has 12 heavy (non-hydrogen) atoms. The van der Waals surface area contributed by atoms with Crippen molar-refractivity contribution in [1.82, 2.24) is 13.7 Å². The zero-order valence-electron chi connectivity index (χ0n) is 6.10. The maximum absolute atomic E-state index is 4.02. The summed E-state index contributed by atoms with van der Waals surface area (Å²) in [5.41, 5.74) is 1.82. The molecule has 0 aliphatic carbocycles. The number of rotatable bonds is 3. The summed E-state index contributed by atoms with van der Waals surface area (Å²) < 4.78 is 7.90. The number of nitrogens with zero attached hydrogens (tertiary/aromatic N) is 3.